The van der Waals surface area contributed by atoms with Crippen molar-refractivity contribution < 1.29 is 22.4 Å². The van der Waals surface area contributed by atoms with Gasteiger partial charge in [0.2, 0.25) is 0 Å². The molecule has 1 amide bonds. The monoisotopic (exact) mass is 492 g/mol. The Morgan fingerprint density at radius 2 is 1.69 bits per heavy atom. The molecule has 0 aliphatic carbocycles. The summed E-state index contributed by atoms with van der Waals surface area (Å²) in [7, 11) is 0. The molecular formula is C25H16F4N6O. The summed E-state index contributed by atoms with van der Waals surface area (Å²) < 4.78 is 57.3. The van der Waals surface area contributed by atoms with E-state index < -0.39 is 34.6 Å². The summed E-state index contributed by atoms with van der Waals surface area (Å²) in [6.45, 7) is 1.76. The normalized spacial score (nSPS) is 11.6. The molecule has 0 saturated heterocycles. The Bertz CT molecular complexity index is 1580. The van der Waals surface area contributed by atoms with E-state index in [1.807, 2.05) is 0 Å². The number of para-hydroxylation sites is 1. The standard InChI is InChI=1S/C25H16F4N6O/c1-14-8-9-20-21(32-14)23(35(34-20)15-6-3-2-4-7-15)33-24(36)17-12-16(22-30-10-5-11-31-22)18(13-19(17)26)25(27,28)29/h2-13H,1H3,(H,33,36). The van der Waals surface area contributed by atoms with E-state index in [0.717, 1.165) is 6.07 Å². The molecule has 3 aromatic heterocycles. The van der Waals surface area contributed by atoms with Gasteiger partial charge in [-0.3, -0.25) is 4.79 Å². The molecule has 0 fully saturated rings. The van der Waals surface area contributed by atoms with Crippen LogP contribution in [0.2, 0.25) is 0 Å². The van der Waals surface area contributed by atoms with Crippen LogP contribution >= 0.6 is 0 Å². The van der Waals surface area contributed by atoms with E-state index in [9.17, 15) is 22.4 Å². The lowest BCUT2D eigenvalue weighted by Crippen LogP contribution is -2.19. The van der Waals surface area contributed by atoms with Gasteiger partial charge in [-0.2, -0.15) is 18.3 Å². The van der Waals surface area contributed by atoms with Crippen LogP contribution < -0.4 is 5.32 Å². The van der Waals surface area contributed by atoms with Crippen molar-refractivity contribution >= 4 is 22.8 Å². The lowest BCUT2D eigenvalue weighted by atomic mass is 10.0. The molecular weight excluding hydrogens is 476 g/mol. The minimum atomic E-state index is -4.89. The highest BCUT2D eigenvalue weighted by molar-refractivity contribution is 6.08. The second-order valence-electron chi connectivity index (χ2n) is 7.82. The highest BCUT2D eigenvalue weighted by Gasteiger charge is 2.36. The number of hydrogen-bond donors (Lipinski definition) is 1. The predicted molar refractivity (Wildman–Crippen MR) is 124 cm³/mol. The summed E-state index contributed by atoms with van der Waals surface area (Å²) in [6, 6.07) is 14.8. The van der Waals surface area contributed by atoms with Crippen molar-refractivity contribution in [1.82, 2.24) is 24.7 Å². The summed E-state index contributed by atoms with van der Waals surface area (Å²) in [4.78, 5) is 25.4. The second kappa shape index (κ2) is 8.84. The Kier molecular flexibility index (Phi) is 5.67. The zero-order chi connectivity index (χ0) is 25.4. The van der Waals surface area contributed by atoms with Crippen molar-refractivity contribution in [1.29, 1.82) is 0 Å². The SMILES string of the molecule is Cc1ccc2nn(-c3ccccc3)c(NC(=O)c3cc(-c4ncccn4)c(C(F)(F)F)cc3F)c2n1. The number of rotatable bonds is 4. The van der Waals surface area contributed by atoms with E-state index in [0.29, 0.717) is 22.4 Å². The summed E-state index contributed by atoms with van der Waals surface area (Å²) >= 11 is 0. The number of halogens is 4. The highest BCUT2D eigenvalue weighted by Crippen LogP contribution is 2.37. The van der Waals surface area contributed by atoms with Crippen LogP contribution in [-0.4, -0.2) is 30.6 Å². The molecule has 1 N–H and O–H groups in total. The third kappa shape index (κ3) is 4.26. The third-order valence-electron chi connectivity index (χ3n) is 5.35. The first-order chi connectivity index (χ1) is 17.2. The average Bonchev–Trinajstić information content (AvgIpc) is 3.21. The molecule has 0 radical (unpaired) electrons. The van der Waals surface area contributed by atoms with Crippen LogP contribution in [0.3, 0.4) is 0 Å². The number of carbonyl (C=O) groups is 1. The first kappa shape index (κ1) is 23.1. The largest absolute Gasteiger partial charge is 0.417 e. The van der Waals surface area contributed by atoms with E-state index in [-0.39, 0.29) is 17.7 Å². The highest BCUT2D eigenvalue weighted by atomic mass is 19.4. The van der Waals surface area contributed by atoms with Crippen molar-refractivity contribution in [3.8, 4) is 17.1 Å². The molecule has 0 aliphatic rings. The molecule has 5 aromatic rings. The fourth-order valence-corrected chi connectivity index (χ4v) is 3.71. The fraction of sp³-hybridized carbons (Fsp3) is 0.0800. The van der Waals surface area contributed by atoms with Crippen molar-refractivity contribution in [2.45, 2.75) is 13.1 Å². The van der Waals surface area contributed by atoms with Crippen LogP contribution in [0.25, 0.3) is 28.1 Å². The maximum atomic E-state index is 14.9. The maximum absolute atomic E-state index is 14.9. The molecule has 0 bridgehead atoms. The molecule has 5 rings (SSSR count). The van der Waals surface area contributed by atoms with E-state index in [1.54, 1.807) is 49.4 Å². The van der Waals surface area contributed by atoms with Gasteiger partial charge in [0.25, 0.3) is 5.91 Å². The van der Waals surface area contributed by atoms with Crippen molar-refractivity contribution in [2.24, 2.45) is 0 Å². The first-order valence-corrected chi connectivity index (χ1v) is 10.6. The lowest BCUT2D eigenvalue weighted by molar-refractivity contribution is -0.137. The van der Waals surface area contributed by atoms with Gasteiger partial charge in [0.05, 0.1) is 16.8 Å². The minimum absolute atomic E-state index is 0.140. The molecule has 0 spiro atoms. The Morgan fingerprint density at radius 3 is 2.39 bits per heavy atom. The molecule has 0 unspecified atom stereocenters. The van der Waals surface area contributed by atoms with Gasteiger partial charge in [-0.1, -0.05) is 18.2 Å². The number of nitrogens with zero attached hydrogens (tertiary/aromatic N) is 5. The number of anilines is 1. The molecule has 180 valence electrons. The fourth-order valence-electron chi connectivity index (χ4n) is 3.71. The molecule has 0 aliphatic heterocycles. The number of alkyl halides is 3. The number of carbonyl (C=O) groups excluding carboxylic acids is 1. The zero-order valence-electron chi connectivity index (χ0n) is 18.6. The van der Waals surface area contributed by atoms with Crippen LogP contribution in [0.15, 0.2) is 73.1 Å². The number of amides is 1. The average molecular weight is 492 g/mol. The third-order valence-corrected chi connectivity index (χ3v) is 5.35. The Hall–Kier alpha value is -4.67. The van der Waals surface area contributed by atoms with Gasteiger partial charge in [0.1, 0.15) is 16.9 Å². The van der Waals surface area contributed by atoms with Gasteiger partial charge >= 0.3 is 6.18 Å². The summed E-state index contributed by atoms with van der Waals surface area (Å²) in [5.74, 6) is -2.49. The molecule has 7 nitrogen and oxygen atoms in total. The van der Waals surface area contributed by atoms with Crippen molar-refractivity contribution in [3.63, 3.8) is 0 Å². The van der Waals surface area contributed by atoms with Crippen LogP contribution in [-0.2, 0) is 6.18 Å². The Morgan fingerprint density at radius 1 is 0.972 bits per heavy atom. The molecule has 36 heavy (non-hydrogen) atoms. The van der Waals surface area contributed by atoms with Crippen LogP contribution in [0.5, 0.6) is 0 Å². The van der Waals surface area contributed by atoms with E-state index in [2.05, 4.69) is 25.4 Å². The summed E-state index contributed by atoms with van der Waals surface area (Å²) in [6.07, 6.45) is -2.39. The van der Waals surface area contributed by atoms with Gasteiger partial charge in [-0.25, -0.2) is 24.0 Å². The van der Waals surface area contributed by atoms with Crippen LogP contribution in [0.4, 0.5) is 23.4 Å². The number of hydrogen-bond acceptors (Lipinski definition) is 5. The van der Waals surface area contributed by atoms with E-state index in [1.165, 1.54) is 23.1 Å². The van der Waals surface area contributed by atoms with Gasteiger partial charge in [-0.05, 0) is 49.4 Å². The van der Waals surface area contributed by atoms with Crippen LogP contribution in [0.1, 0.15) is 21.6 Å². The van der Waals surface area contributed by atoms with Gasteiger partial charge in [0, 0.05) is 23.7 Å². The zero-order valence-corrected chi connectivity index (χ0v) is 18.6. The second-order valence-corrected chi connectivity index (χ2v) is 7.82. The Labute approximate surface area is 201 Å². The molecule has 0 atom stereocenters. The summed E-state index contributed by atoms with van der Waals surface area (Å²) in [5, 5.41) is 7.07. The number of nitrogens with one attached hydrogen (secondary N) is 1. The van der Waals surface area contributed by atoms with E-state index >= 15 is 0 Å². The number of aryl methyl sites for hydroxylation is 1. The number of aromatic nitrogens is 5. The summed E-state index contributed by atoms with van der Waals surface area (Å²) in [5.41, 5.74) is -0.390. The molecule has 0 saturated carbocycles. The first-order valence-electron chi connectivity index (χ1n) is 10.6. The number of benzene rings is 2. The van der Waals surface area contributed by atoms with E-state index in [4.69, 9.17) is 0 Å². The predicted octanol–water partition coefficient (Wildman–Crippen LogP) is 5.60. The topological polar surface area (TPSA) is 85.6 Å². The number of pyridine rings is 1. The van der Waals surface area contributed by atoms with Gasteiger partial charge in [0.15, 0.2) is 11.6 Å². The minimum Gasteiger partial charge on any atom is -0.305 e. The quantitative estimate of drug-likeness (QED) is 0.330. The van der Waals surface area contributed by atoms with Crippen molar-refractivity contribution in [3.05, 3.63) is 95.7 Å². The molecule has 2 aromatic carbocycles. The Balaban J connectivity index is 1.64. The maximum Gasteiger partial charge on any atom is 0.417 e. The lowest BCUT2D eigenvalue weighted by Gasteiger charge is -2.15. The smallest absolute Gasteiger partial charge is 0.305 e. The molecule has 3 heterocycles. The number of fused-ring (bicyclic) bond motifs is 1. The van der Waals surface area contributed by atoms with Gasteiger partial charge < -0.3 is 5.32 Å². The molecule has 11 heteroatoms. The van der Waals surface area contributed by atoms with Crippen molar-refractivity contribution in [2.75, 3.05) is 5.32 Å². The van der Waals surface area contributed by atoms with Crippen LogP contribution in [0, 0.1) is 12.7 Å². The van der Waals surface area contributed by atoms with Gasteiger partial charge in [-0.15, -0.1) is 0 Å².